The highest BCUT2D eigenvalue weighted by Gasteiger charge is 2.58. The average Bonchev–Trinajstić information content (AvgIpc) is 3.03. The number of allylic oxidation sites excluding steroid dienone is 2. The number of carbonyl (C=O) groups excluding carboxylic acids is 1. The summed E-state index contributed by atoms with van der Waals surface area (Å²) in [5.41, 5.74) is 2.49. The van der Waals surface area contributed by atoms with E-state index < -0.39 is 0 Å². The molecule has 0 aromatic rings. The summed E-state index contributed by atoms with van der Waals surface area (Å²) in [4.78, 5) is 13.9. The molecule has 0 heterocycles. The zero-order valence-corrected chi connectivity index (χ0v) is 19.8. The molecule has 30 heavy (non-hydrogen) atoms. The maximum Gasteiger partial charge on any atom is 0.320 e. The van der Waals surface area contributed by atoms with Crippen LogP contribution in [0.25, 0.3) is 0 Å². The van der Waals surface area contributed by atoms with E-state index in [1.807, 2.05) is 19.0 Å². The molecule has 1 N–H and O–H groups in total. The van der Waals surface area contributed by atoms with Gasteiger partial charge in [0.1, 0.15) is 0 Å². The molecule has 3 saturated carbocycles. The Morgan fingerprint density at radius 3 is 2.60 bits per heavy atom. The lowest BCUT2D eigenvalue weighted by Gasteiger charge is -2.57. The third-order valence-electron chi connectivity index (χ3n) is 9.76. The molecule has 0 saturated heterocycles. The zero-order chi connectivity index (χ0) is 21.7. The molecular formula is C26H43NO3. The standard InChI is InChI=1S/C26H43NO3/c1-17(16-30-24(29)15-27(4)5)21-8-9-22-20-7-6-18-14-19(28)10-12-25(18,2)23(20)11-13-26(21,22)3/h7,17-19,21-23,28H,6,8-16H2,1-5H3/t17-,18?,19+,21?,22?,23?,25+,26-/m1/s1. The van der Waals surface area contributed by atoms with E-state index in [0.717, 1.165) is 19.3 Å². The van der Waals surface area contributed by atoms with E-state index in [-0.39, 0.29) is 12.1 Å². The third-order valence-corrected chi connectivity index (χ3v) is 9.76. The first-order valence-corrected chi connectivity index (χ1v) is 12.3. The van der Waals surface area contributed by atoms with Crippen molar-refractivity contribution in [2.75, 3.05) is 27.2 Å². The quantitative estimate of drug-likeness (QED) is 0.522. The highest BCUT2D eigenvalue weighted by atomic mass is 16.5. The summed E-state index contributed by atoms with van der Waals surface area (Å²) < 4.78 is 5.64. The molecule has 170 valence electrons. The molecule has 0 radical (unpaired) electrons. The van der Waals surface area contributed by atoms with E-state index in [2.05, 4.69) is 26.8 Å². The Kier molecular flexibility index (Phi) is 6.13. The SMILES string of the molecule is C[C@H](COC(=O)CN(C)C)C1CCC2C3=CCC4C[C@@H](O)CC[C@]4(C)C3CC[C@@]21C. The molecule has 4 aliphatic carbocycles. The number of fused-ring (bicyclic) bond motifs is 5. The van der Waals surface area contributed by atoms with Crippen LogP contribution in [-0.2, 0) is 9.53 Å². The normalized spacial score (nSPS) is 44.0. The van der Waals surface area contributed by atoms with Crippen LogP contribution in [0.4, 0.5) is 0 Å². The molecule has 0 spiro atoms. The van der Waals surface area contributed by atoms with Gasteiger partial charge >= 0.3 is 5.97 Å². The molecule has 4 unspecified atom stereocenters. The van der Waals surface area contributed by atoms with Crippen molar-refractivity contribution in [1.29, 1.82) is 0 Å². The summed E-state index contributed by atoms with van der Waals surface area (Å²) in [7, 11) is 3.81. The monoisotopic (exact) mass is 417 g/mol. The fraction of sp³-hybridized carbons (Fsp3) is 0.885. The van der Waals surface area contributed by atoms with Gasteiger partial charge in [0.25, 0.3) is 0 Å². The van der Waals surface area contributed by atoms with Crippen LogP contribution in [0.2, 0.25) is 0 Å². The number of hydrogen-bond donors (Lipinski definition) is 1. The molecule has 4 heteroatoms. The topological polar surface area (TPSA) is 49.8 Å². The van der Waals surface area contributed by atoms with Gasteiger partial charge in [-0.3, -0.25) is 9.69 Å². The average molecular weight is 418 g/mol. The highest BCUT2D eigenvalue weighted by molar-refractivity contribution is 5.71. The van der Waals surface area contributed by atoms with Crippen molar-refractivity contribution < 1.29 is 14.6 Å². The van der Waals surface area contributed by atoms with E-state index in [0.29, 0.717) is 53.6 Å². The molecule has 4 nitrogen and oxygen atoms in total. The van der Waals surface area contributed by atoms with Gasteiger partial charge in [-0.15, -0.1) is 0 Å². The van der Waals surface area contributed by atoms with Crippen molar-refractivity contribution in [3.05, 3.63) is 11.6 Å². The van der Waals surface area contributed by atoms with Gasteiger partial charge in [-0.2, -0.15) is 0 Å². The molecular weight excluding hydrogens is 374 g/mol. The molecule has 4 rings (SSSR count). The van der Waals surface area contributed by atoms with Gasteiger partial charge in [-0.25, -0.2) is 0 Å². The first kappa shape index (κ1) is 22.3. The molecule has 0 amide bonds. The van der Waals surface area contributed by atoms with Crippen molar-refractivity contribution in [3.8, 4) is 0 Å². The Balaban J connectivity index is 1.46. The number of nitrogens with zero attached hydrogens (tertiary/aromatic N) is 1. The van der Waals surface area contributed by atoms with E-state index >= 15 is 0 Å². The lowest BCUT2D eigenvalue weighted by Crippen LogP contribution is -2.50. The van der Waals surface area contributed by atoms with Gasteiger partial charge in [-0.05, 0) is 106 Å². The fourth-order valence-corrected chi connectivity index (χ4v) is 8.11. The van der Waals surface area contributed by atoms with Gasteiger partial charge in [-0.1, -0.05) is 32.4 Å². The van der Waals surface area contributed by atoms with Crippen molar-refractivity contribution in [1.82, 2.24) is 4.90 Å². The Labute approximate surface area is 183 Å². The van der Waals surface area contributed by atoms with Crippen LogP contribution in [-0.4, -0.2) is 49.3 Å². The summed E-state index contributed by atoms with van der Waals surface area (Å²) in [6.45, 7) is 8.27. The minimum absolute atomic E-state index is 0.0844. The van der Waals surface area contributed by atoms with Crippen LogP contribution >= 0.6 is 0 Å². The van der Waals surface area contributed by atoms with E-state index in [1.54, 1.807) is 5.57 Å². The highest BCUT2D eigenvalue weighted by Crippen LogP contribution is 2.66. The lowest BCUT2D eigenvalue weighted by atomic mass is 9.47. The number of esters is 1. The number of ether oxygens (including phenoxy) is 1. The van der Waals surface area contributed by atoms with E-state index in [1.165, 1.54) is 32.1 Å². The Hall–Kier alpha value is -0.870. The molecule has 4 aliphatic rings. The Morgan fingerprint density at radius 2 is 1.87 bits per heavy atom. The van der Waals surface area contributed by atoms with Gasteiger partial charge in [0.15, 0.2) is 0 Å². The van der Waals surface area contributed by atoms with E-state index in [9.17, 15) is 9.90 Å². The second-order valence-corrected chi connectivity index (χ2v) is 11.8. The van der Waals surface area contributed by atoms with Crippen LogP contribution in [0, 0.1) is 40.4 Å². The maximum atomic E-state index is 12.0. The van der Waals surface area contributed by atoms with Crippen molar-refractivity contribution in [2.45, 2.75) is 78.2 Å². The predicted molar refractivity (Wildman–Crippen MR) is 120 cm³/mol. The second kappa shape index (κ2) is 8.24. The minimum atomic E-state index is -0.108. The summed E-state index contributed by atoms with van der Waals surface area (Å²) in [5.74, 6) is 3.02. The minimum Gasteiger partial charge on any atom is -0.464 e. The summed E-state index contributed by atoms with van der Waals surface area (Å²) in [6, 6.07) is 0. The largest absolute Gasteiger partial charge is 0.464 e. The number of aliphatic hydroxyl groups is 1. The lowest BCUT2D eigenvalue weighted by molar-refractivity contribution is -0.146. The third kappa shape index (κ3) is 3.77. The predicted octanol–water partition coefficient (Wildman–Crippen LogP) is 4.67. The van der Waals surface area contributed by atoms with Crippen molar-refractivity contribution in [3.63, 3.8) is 0 Å². The van der Waals surface area contributed by atoms with Crippen LogP contribution in [0.5, 0.6) is 0 Å². The van der Waals surface area contributed by atoms with Gasteiger partial charge in [0, 0.05) is 0 Å². The molecule has 0 aliphatic heterocycles. The maximum absolute atomic E-state index is 12.0. The first-order valence-electron chi connectivity index (χ1n) is 12.3. The summed E-state index contributed by atoms with van der Waals surface area (Å²) in [6.07, 6.45) is 12.0. The number of hydrogen-bond acceptors (Lipinski definition) is 4. The summed E-state index contributed by atoms with van der Waals surface area (Å²) in [5, 5.41) is 10.2. The number of carbonyl (C=O) groups is 1. The van der Waals surface area contributed by atoms with Crippen LogP contribution in [0.3, 0.4) is 0 Å². The van der Waals surface area contributed by atoms with Gasteiger partial charge in [0.2, 0.25) is 0 Å². The molecule has 8 atom stereocenters. The molecule has 0 bridgehead atoms. The zero-order valence-electron chi connectivity index (χ0n) is 19.8. The Bertz CT molecular complexity index is 688. The van der Waals surface area contributed by atoms with Crippen LogP contribution < -0.4 is 0 Å². The number of rotatable bonds is 5. The van der Waals surface area contributed by atoms with Gasteiger partial charge < -0.3 is 9.84 Å². The van der Waals surface area contributed by atoms with Crippen molar-refractivity contribution in [2.24, 2.45) is 40.4 Å². The number of likely N-dealkylation sites (N-methyl/N-ethyl adjacent to an activating group) is 1. The first-order chi connectivity index (χ1) is 14.1. The van der Waals surface area contributed by atoms with Crippen LogP contribution in [0.1, 0.15) is 72.1 Å². The second-order valence-electron chi connectivity index (χ2n) is 11.8. The van der Waals surface area contributed by atoms with E-state index in [4.69, 9.17) is 4.74 Å². The molecule has 0 aromatic heterocycles. The summed E-state index contributed by atoms with van der Waals surface area (Å²) >= 11 is 0. The fourth-order valence-electron chi connectivity index (χ4n) is 8.11. The van der Waals surface area contributed by atoms with Gasteiger partial charge in [0.05, 0.1) is 19.3 Å². The van der Waals surface area contributed by atoms with Crippen molar-refractivity contribution >= 4 is 5.97 Å². The smallest absolute Gasteiger partial charge is 0.320 e. The molecule has 0 aromatic carbocycles. The number of aliphatic hydroxyl groups excluding tert-OH is 1. The van der Waals surface area contributed by atoms with Crippen LogP contribution in [0.15, 0.2) is 11.6 Å². The Morgan fingerprint density at radius 1 is 1.17 bits per heavy atom. The molecule has 3 fully saturated rings.